The summed E-state index contributed by atoms with van der Waals surface area (Å²) in [6.07, 6.45) is 8.59. The number of hydrogen-bond acceptors (Lipinski definition) is 4. The molecule has 6 heteroatoms. The lowest BCUT2D eigenvalue weighted by Crippen LogP contribution is -2.40. The highest BCUT2D eigenvalue weighted by atomic mass is 16.5. The van der Waals surface area contributed by atoms with Crippen LogP contribution in [0.5, 0.6) is 11.5 Å². The Bertz CT molecular complexity index is 996. The minimum absolute atomic E-state index is 0.00264. The SMILES string of the molecule is C#Cc1cccc(C(=O)N2CCC[C@@H](CCC(=O)NCc3ccc(OC)cc3OC)C2)c1. The molecule has 3 rings (SSSR count). The number of carbonyl (C=O) groups is 2. The number of likely N-dealkylation sites (tertiary alicyclic amines) is 1. The highest BCUT2D eigenvalue weighted by Crippen LogP contribution is 2.25. The van der Waals surface area contributed by atoms with Gasteiger partial charge in [0, 0.05) is 48.8 Å². The second kappa shape index (κ2) is 11.2. The predicted octanol–water partition coefficient (Wildman–Crippen LogP) is 3.63. The Morgan fingerprint density at radius 2 is 2.03 bits per heavy atom. The van der Waals surface area contributed by atoms with Gasteiger partial charge in [0.05, 0.1) is 14.2 Å². The monoisotopic (exact) mass is 434 g/mol. The highest BCUT2D eigenvalue weighted by molar-refractivity contribution is 5.94. The van der Waals surface area contributed by atoms with Crippen LogP contribution in [-0.2, 0) is 11.3 Å². The summed E-state index contributed by atoms with van der Waals surface area (Å²) in [6, 6.07) is 12.7. The van der Waals surface area contributed by atoms with E-state index in [0.29, 0.717) is 48.1 Å². The molecule has 0 aromatic heterocycles. The minimum atomic E-state index is -0.00644. The number of piperidine rings is 1. The molecule has 168 valence electrons. The van der Waals surface area contributed by atoms with Crippen LogP contribution >= 0.6 is 0 Å². The van der Waals surface area contributed by atoms with Crippen molar-refractivity contribution in [1.82, 2.24) is 10.2 Å². The van der Waals surface area contributed by atoms with Crippen molar-refractivity contribution in [2.45, 2.75) is 32.2 Å². The molecule has 2 amide bonds. The van der Waals surface area contributed by atoms with Crippen LogP contribution < -0.4 is 14.8 Å². The molecule has 1 aliphatic rings. The first-order chi connectivity index (χ1) is 15.5. The molecule has 0 unspecified atom stereocenters. The van der Waals surface area contributed by atoms with E-state index in [2.05, 4.69) is 11.2 Å². The molecule has 1 fully saturated rings. The molecule has 0 aliphatic carbocycles. The maximum absolute atomic E-state index is 12.9. The third-order valence-electron chi connectivity index (χ3n) is 5.83. The van der Waals surface area contributed by atoms with Gasteiger partial charge < -0.3 is 19.7 Å². The van der Waals surface area contributed by atoms with Crippen molar-refractivity contribution in [3.8, 4) is 23.8 Å². The third kappa shape index (κ3) is 6.04. The molecule has 1 aliphatic heterocycles. The molecular formula is C26H30N2O4. The lowest BCUT2D eigenvalue weighted by Gasteiger charge is -2.33. The molecule has 0 saturated carbocycles. The Morgan fingerprint density at radius 3 is 2.78 bits per heavy atom. The standard InChI is InChI=1S/C26H30N2O4/c1-4-19-7-5-9-21(15-19)26(30)28-14-6-8-20(18-28)10-13-25(29)27-17-22-11-12-23(31-2)16-24(22)32-3/h1,5,7,9,11-12,15-16,20H,6,8,10,13-14,17-18H2,2-3H3,(H,27,29)/t20-/m0/s1. The second-order valence-corrected chi connectivity index (χ2v) is 7.98. The fourth-order valence-electron chi connectivity index (χ4n) is 4.03. The quantitative estimate of drug-likeness (QED) is 0.645. The zero-order valence-corrected chi connectivity index (χ0v) is 18.7. The third-order valence-corrected chi connectivity index (χ3v) is 5.83. The van der Waals surface area contributed by atoms with Crippen LogP contribution in [0.2, 0.25) is 0 Å². The molecule has 0 radical (unpaired) electrons. The Labute approximate surface area is 189 Å². The van der Waals surface area contributed by atoms with Crippen molar-refractivity contribution >= 4 is 11.8 Å². The fourth-order valence-corrected chi connectivity index (χ4v) is 4.03. The van der Waals surface area contributed by atoms with Crippen molar-refractivity contribution in [3.05, 3.63) is 59.2 Å². The molecule has 32 heavy (non-hydrogen) atoms. The number of amides is 2. The molecule has 0 bridgehead atoms. The van der Waals surface area contributed by atoms with Gasteiger partial charge >= 0.3 is 0 Å². The topological polar surface area (TPSA) is 67.9 Å². The van der Waals surface area contributed by atoms with E-state index in [1.165, 1.54) is 0 Å². The smallest absolute Gasteiger partial charge is 0.253 e. The molecule has 1 atom stereocenters. The average Bonchev–Trinajstić information content (AvgIpc) is 2.85. The summed E-state index contributed by atoms with van der Waals surface area (Å²) in [5.74, 6) is 4.27. The van der Waals surface area contributed by atoms with Crippen LogP contribution in [0.4, 0.5) is 0 Å². The number of nitrogens with zero attached hydrogens (tertiary/aromatic N) is 1. The Hall–Kier alpha value is -3.46. The number of carbonyl (C=O) groups excluding carboxylic acids is 2. The predicted molar refractivity (Wildman–Crippen MR) is 124 cm³/mol. The lowest BCUT2D eigenvalue weighted by atomic mass is 9.92. The molecule has 2 aromatic carbocycles. The van der Waals surface area contributed by atoms with Crippen LogP contribution in [0.1, 0.15) is 47.2 Å². The van der Waals surface area contributed by atoms with Gasteiger partial charge in [0.1, 0.15) is 11.5 Å². The summed E-state index contributed by atoms with van der Waals surface area (Å²) < 4.78 is 10.6. The number of ether oxygens (including phenoxy) is 2. The van der Waals surface area contributed by atoms with Gasteiger partial charge in [0.25, 0.3) is 5.91 Å². The van der Waals surface area contributed by atoms with E-state index in [4.69, 9.17) is 15.9 Å². The zero-order chi connectivity index (χ0) is 22.9. The van der Waals surface area contributed by atoms with E-state index < -0.39 is 0 Å². The van der Waals surface area contributed by atoms with E-state index in [-0.39, 0.29) is 11.8 Å². The summed E-state index contributed by atoms with van der Waals surface area (Å²) in [6.45, 7) is 1.80. The van der Waals surface area contributed by atoms with Crippen molar-refractivity contribution in [3.63, 3.8) is 0 Å². The fraction of sp³-hybridized carbons (Fsp3) is 0.385. The number of benzene rings is 2. The highest BCUT2D eigenvalue weighted by Gasteiger charge is 2.25. The van der Waals surface area contributed by atoms with Gasteiger partial charge in [-0.05, 0) is 55.5 Å². The first-order valence-corrected chi connectivity index (χ1v) is 10.9. The van der Waals surface area contributed by atoms with Gasteiger partial charge in [-0.3, -0.25) is 9.59 Å². The first-order valence-electron chi connectivity index (χ1n) is 10.9. The zero-order valence-electron chi connectivity index (χ0n) is 18.7. The Balaban J connectivity index is 1.48. The number of rotatable bonds is 8. The normalized spacial score (nSPS) is 15.5. The van der Waals surface area contributed by atoms with Crippen LogP contribution in [-0.4, -0.2) is 44.0 Å². The second-order valence-electron chi connectivity index (χ2n) is 7.98. The van der Waals surface area contributed by atoms with E-state index >= 15 is 0 Å². The van der Waals surface area contributed by atoms with Crippen molar-refractivity contribution < 1.29 is 19.1 Å². The van der Waals surface area contributed by atoms with Crippen molar-refractivity contribution in [1.29, 1.82) is 0 Å². The first kappa shape index (κ1) is 23.2. The van der Waals surface area contributed by atoms with Gasteiger partial charge in [-0.1, -0.05) is 12.0 Å². The maximum atomic E-state index is 12.9. The number of methoxy groups -OCH3 is 2. The summed E-state index contributed by atoms with van der Waals surface area (Å²) in [5, 5.41) is 2.96. The molecule has 1 heterocycles. The van der Waals surface area contributed by atoms with Crippen LogP contribution in [0, 0.1) is 18.3 Å². The van der Waals surface area contributed by atoms with Gasteiger partial charge in [-0.2, -0.15) is 0 Å². The largest absolute Gasteiger partial charge is 0.497 e. The van der Waals surface area contributed by atoms with E-state index in [9.17, 15) is 9.59 Å². The molecule has 2 aromatic rings. The Kier molecular flexibility index (Phi) is 8.15. The van der Waals surface area contributed by atoms with E-state index in [1.54, 1.807) is 32.4 Å². The minimum Gasteiger partial charge on any atom is -0.497 e. The summed E-state index contributed by atoms with van der Waals surface area (Å²) in [7, 11) is 3.20. The average molecular weight is 435 g/mol. The van der Waals surface area contributed by atoms with Crippen LogP contribution in [0.25, 0.3) is 0 Å². The van der Waals surface area contributed by atoms with Crippen LogP contribution in [0.3, 0.4) is 0 Å². The summed E-state index contributed by atoms with van der Waals surface area (Å²) in [4.78, 5) is 27.2. The van der Waals surface area contributed by atoms with Gasteiger partial charge in [0.2, 0.25) is 5.91 Å². The van der Waals surface area contributed by atoms with E-state index in [0.717, 1.165) is 31.4 Å². The molecule has 6 nitrogen and oxygen atoms in total. The van der Waals surface area contributed by atoms with Crippen LogP contribution in [0.15, 0.2) is 42.5 Å². The van der Waals surface area contributed by atoms with Gasteiger partial charge in [-0.25, -0.2) is 0 Å². The van der Waals surface area contributed by atoms with Gasteiger partial charge in [-0.15, -0.1) is 6.42 Å². The summed E-state index contributed by atoms with van der Waals surface area (Å²) >= 11 is 0. The maximum Gasteiger partial charge on any atom is 0.253 e. The van der Waals surface area contributed by atoms with E-state index in [1.807, 2.05) is 29.2 Å². The molecule has 1 N–H and O–H groups in total. The number of hydrogen-bond donors (Lipinski definition) is 1. The number of terminal acetylenes is 1. The summed E-state index contributed by atoms with van der Waals surface area (Å²) in [5.41, 5.74) is 2.21. The lowest BCUT2D eigenvalue weighted by molar-refractivity contribution is -0.121. The van der Waals surface area contributed by atoms with Gasteiger partial charge in [0.15, 0.2) is 0 Å². The van der Waals surface area contributed by atoms with Crippen molar-refractivity contribution in [2.75, 3.05) is 27.3 Å². The molecular weight excluding hydrogens is 404 g/mol. The van der Waals surface area contributed by atoms with Crippen molar-refractivity contribution in [2.24, 2.45) is 5.92 Å². The number of nitrogens with one attached hydrogen (secondary N) is 1. The molecule has 0 spiro atoms. The molecule has 1 saturated heterocycles. The Morgan fingerprint density at radius 1 is 1.19 bits per heavy atom.